The Labute approximate surface area is 126 Å². The molecule has 2 atom stereocenters. The molecule has 2 unspecified atom stereocenters. The molecule has 0 radical (unpaired) electrons. The zero-order valence-electron chi connectivity index (χ0n) is 13.1. The van der Waals surface area contributed by atoms with Gasteiger partial charge in [0.05, 0.1) is 7.11 Å². The second kappa shape index (κ2) is 6.64. The molecule has 0 aliphatic heterocycles. The van der Waals surface area contributed by atoms with Gasteiger partial charge >= 0.3 is 0 Å². The summed E-state index contributed by atoms with van der Waals surface area (Å²) in [6, 6.07) is 13.9. The quantitative estimate of drug-likeness (QED) is 0.909. The Morgan fingerprint density at radius 3 is 2.24 bits per heavy atom. The number of methoxy groups -OCH3 is 1. The standard InChI is InChI=1S/C18H23NO2/c1-12-5-6-13(2)17(11-12)21-18(14(3)19)15-7-9-16(20-4)10-8-15/h5-11,14,18H,19H2,1-4H3. The first-order chi connectivity index (χ1) is 10.0. The van der Waals surface area contributed by atoms with Crippen LogP contribution in [-0.4, -0.2) is 13.2 Å². The fraction of sp³-hybridized carbons (Fsp3) is 0.333. The highest BCUT2D eigenvalue weighted by Crippen LogP contribution is 2.28. The summed E-state index contributed by atoms with van der Waals surface area (Å²) in [5.74, 6) is 1.71. The lowest BCUT2D eigenvalue weighted by molar-refractivity contribution is 0.179. The average molecular weight is 285 g/mol. The Balaban J connectivity index is 2.28. The van der Waals surface area contributed by atoms with Crippen LogP contribution in [0.1, 0.15) is 29.7 Å². The monoisotopic (exact) mass is 285 g/mol. The molecule has 0 saturated carbocycles. The van der Waals surface area contributed by atoms with Crippen molar-refractivity contribution in [3.63, 3.8) is 0 Å². The van der Waals surface area contributed by atoms with Crippen molar-refractivity contribution in [2.45, 2.75) is 32.9 Å². The van der Waals surface area contributed by atoms with Crippen LogP contribution < -0.4 is 15.2 Å². The third-order valence-electron chi connectivity index (χ3n) is 3.52. The molecule has 0 amide bonds. The van der Waals surface area contributed by atoms with Crippen molar-refractivity contribution in [1.29, 1.82) is 0 Å². The van der Waals surface area contributed by atoms with E-state index in [2.05, 4.69) is 19.1 Å². The zero-order valence-corrected chi connectivity index (χ0v) is 13.1. The van der Waals surface area contributed by atoms with E-state index in [1.807, 2.05) is 44.2 Å². The minimum atomic E-state index is -0.184. The summed E-state index contributed by atoms with van der Waals surface area (Å²) in [6.07, 6.45) is -0.184. The van der Waals surface area contributed by atoms with E-state index in [9.17, 15) is 0 Å². The molecule has 0 spiro atoms. The zero-order chi connectivity index (χ0) is 15.4. The molecule has 0 bridgehead atoms. The number of ether oxygens (including phenoxy) is 2. The highest BCUT2D eigenvalue weighted by atomic mass is 16.5. The maximum absolute atomic E-state index is 6.18. The van der Waals surface area contributed by atoms with Crippen molar-refractivity contribution >= 4 is 0 Å². The molecule has 2 aromatic rings. The number of hydrogen-bond donors (Lipinski definition) is 1. The van der Waals surface area contributed by atoms with Crippen molar-refractivity contribution in [2.75, 3.05) is 7.11 Å². The predicted octanol–water partition coefficient (Wildman–Crippen LogP) is 3.78. The molecule has 0 saturated heterocycles. The Morgan fingerprint density at radius 2 is 1.67 bits per heavy atom. The van der Waals surface area contributed by atoms with Gasteiger partial charge in [-0.3, -0.25) is 0 Å². The maximum atomic E-state index is 6.18. The fourth-order valence-corrected chi connectivity index (χ4v) is 2.24. The first-order valence-corrected chi connectivity index (χ1v) is 7.14. The number of hydrogen-bond acceptors (Lipinski definition) is 3. The van der Waals surface area contributed by atoms with E-state index >= 15 is 0 Å². The molecule has 2 N–H and O–H groups in total. The Bertz CT molecular complexity index is 591. The van der Waals surface area contributed by atoms with E-state index in [-0.39, 0.29) is 12.1 Å². The number of nitrogens with two attached hydrogens (primary N) is 1. The van der Waals surface area contributed by atoms with Crippen molar-refractivity contribution < 1.29 is 9.47 Å². The smallest absolute Gasteiger partial charge is 0.138 e. The minimum absolute atomic E-state index is 0.113. The van der Waals surface area contributed by atoms with Gasteiger partial charge in [-0.2, -0.15) is 0 Å². The molecule has 2 rings (SSSR count). The lowest BCUT2D eigenvalue weighted by Crippen LogP contribution is -2.29. The summed E-state index contributed by atoms with van der Waals surface area (Å²) in [5, 5.41) is 0. The van der Waals surface area contributed by atoms with Crippen LogP contribution in [-0.2, 0) is 0 Å². The van der Waals surface area contributed by atoms with Gasteiger partial charge in [0.1, 0.15) is 17.6 Å². The predicted molar refractivity (Wildman–Crippen MR) is 85.9 cm³/mol. The Hall–Kier alpha value is -2.00. The normalized spacial score (nSPS) is 13.6. The number of benzene rings is 2. The molecule has 3 nitrogen and oxygen atoms in total. The van der Waals surface area contributed by atoms with Crippen molar-refractivity contribution in [1.82, 2.24) is 0 Å². The van der Waals surface area contributed by atoms with Crippen LogP contribution >= 0.6 is 0 Å². The van der Waals surface area contributed by atoms with Gasteiger partial charge in [0, 0.05) is 6.04 Å². The highest BCUT2D eigenvalue weighted by Gasteiger charge is 2.19. The molecule has 0 heterocycles. The third-order valence-corrected chi connectivity index (χ3v) is 3.52. The van der Waals surface area contributed by atoms with Crippen LogP contribution in [0.4, 0.5) is 0 Å². The number of rotatable bonds is 5. The Morgan fingerprint density at radius 1 is 1.00 bits per heavy atom. The molecule has 3 heteroatoms. The first kappa shape index (κ1) is 15.4. The summed E-state index contributed by atoms with van der Waals surface area (Å²) in [4.78, 5) is 0. The Kier molecular flexibility index (Phi) is 4.86. The van der Waals surface area contributed by atoms with Crippen LogP contribution in [0, 0.1) is 13.8 Å². The lowest BCUT2D eigenvalue weighted by atomic mass is 10.0. The fourth-order valence-electron chi connectivity index (χ4n) is 2.24. The van der Waals surface area contributed by atoms with Gasteiger partial charge in [-0.15, -0.1) is 0 Å². The van der Waals surface area contributed by atoms with E-state index in [1.165, 1.54) is 5.56 Å². The molecular formula is C18H23NO2. The number of aryl methyl sites for hydroxylation is 2. The van der Waals surface area contributed by atoms with Gasteiger partial charge in [-0.05, 0) is 55.7 Å². The van der Waals surface area contributed by atoms with Gasteiger partial charge in [-0.25, -0.2) is 0 Å². The SMILES string of the molecule is COc1ccc(C(Oc2cc(C)ccc2C)C(C)N)cc1. The van der Waals surface area contributed by atoms with Gasteiger partial charge in [0.25, 0.3) is 0 Å². The molecule has 0 aromatic heterocycles. The second-order valence-corrected chi connectivity index (χ2v) is 5.44. The van der Waals surface area contributed by atoms with Crippen molar-refractivity contribution in [3.05, 3.63) is 59.2 Å². The maximum Gasteiger partial charge on any atom is 0.138 e. The van der Waals surface area contributed by atoms with E-state index < -0.39 is 0 Å². The molecule has 0 aliphatic carbocycles. The van der Waals surface area contributed by atoms with E-state index in [0.29, 0.717) is 0 Å². The second-order valence-electron chi connectivity index (χ2n) is 5.44. The van der Waals surface area contributed by atoms with Crippen molar-refractivity contribution in [3.8, 4) is 11.5 Å². The van der Waals surface area contributed by atoms with Crippen LogP contribution in [0.25, 0.3) is 0 Å². The summed E-state index contributed by atoms with van der Waals surface area (Å²) in [6.45, 7) is 6.06. The van der Waals surface area contributed by atoms with E-state index in [4.69, 9.17) is 15.2 Å². The van der Waals surface area contributed by atoms with E-state index in [0.717, 1.165) is 22.6 Å². The molecule has 112 valence electrons. The third kappa shape index (κ3) is 3.76. The molecule has 21 heavy (non-hydrogen) atoms. The largest absolute Gasteiger partial charge is 0.497 e. The summed E-state index contributed by atoms with van der Waals surface area (Å²) >= 11 is 0. The molecule has 0 aliphatic rings. The molecular weight excluding hydrogens is 262 g/mol. The minimum Gasteiger partial charge on any atom is -0.497 e. The highest BCUT2D eigenvalue weighted by molar-refractivity contribution is 5.37. The topological polar surface area (TPSA) is 44.5 Å². The van der Waals surface area contributed by atoms with Crippen LogP contribution in [0.2, 0.25) is 0 Å². The van der Waals surface area contributed by atoms with E-state index in [1.54, 1.807) is 7.11 Å². The van der Waals surface area contributed by atoms with Gasteiger partial charge in [0.15, 0.2) is 0 Å². The van der Waals surface area contributed by atoms with Gasteiger partial charge in [0.2, 0.25) is 0 Å². The van der Waals surface area contributed by atoms with Crippen LogP contribution in [0.3, 0.4) is 0 Å². The molecule has 0 fully saturated rings. The van der Waals surface area contributed by atoms with Crippen LogP contribution in [0.15, 0.2) is 42.5 Å². The van der Waals surface area contributed by atoms with Gasteiger partial charge < -0.3 is 15.2 Å². The first-order valence-electron chi connectivity index (χ1n) is 7.14. The lowest BCUT2D eigenvalue weighted by Gasteiger charge is -2.24. The van der Waals surface area contributed by atoms with Gasteiger partial charge in [-0.1, -0.05) is 24.3 Å². The van der Waals surface area contributed by atoms with Crippen molar-refractivity contribution in [2.24, 2.45) is 5.73 Å². The van der Waals surface area contributed by atoms with Crippen LogP contribution in [0.5, 0.6) is 11.5 Å². The summed E-state index contributed by atoms with van der Waals surface area (Å²) in [5.41, 5.74) is 9.45. The summed E-state index contributed by atoms with van der Waals surface area (Å²) in [7, 11) is 1.66. The summed E-state index contributed by atoms with van der Waals surface area (Å²) < 4.78 is 11.4. The average Bonchev–Trinajstić information content (AvgIpc) is 2.48. The molecule has 2 aromatic carbocycles.